The number of halogens is 1. The van der Waals surface area contributed by atoms with Crippen LogP contribution in [0.2, 0.25) is 0 Å². The fourth-order valence-electron chi connectivity index (χ4n) is 2.53. The van der Waals surface area contributed by atoms with Crippen LogP contribution < -0.4 is 11.1 Å². The molecule has 0 unspecified atom stereocenters. The van der Waals surface area contributed by atoms with Crippen LogP contribution >= 0.6 is 15.9 Å². The van der Waals surface area contributed by atoms with Crippen LogP contribution in [0.3, 0.4) is 0 Å². The summed E-state index contributed by atoms with van der Waals surface area (Å²) in [4.78, 5) is 4.32. The third kappa shape index (κ3) is 2.59. The van der Waals surface area contributed by atoms with Crippen molar-refractivity contribution in [1.82, 2.24) is 4.98 Å². The smallest absolute Gasteiger partial charge is 0.0724 e. The number of fused-ring (bicyclic) bond motifs is 1. The summed E-state index contributed by atoms with van der Waals surface area (Å²) >= 11 is 3.52. The summed E-state index contributed by atoms with van der Waals surface area (Å²) in [6, 6.07) is 12.0. The number of rotatable bonds is 2. The van der Waals surface area contributed by atoms with E-state index in [4.69, 9.17) is 5.73 Å². The van der Waals surface area contributed by atoms with Crippen LogP contribution in [-0.2, 0) is 0 Å². The maximum atomic E-state index is 6.29. The Labute approximate surface area is 132 Å². The molecule has 21 heavy (non-hydrogen) atoms. The zero-order chi connectivity index (χ0) is 15.0. The number of anilines is 3. The molecule has 3 aromatic rings. The minimum atomic E-state index is 0.724. The lowest BCUT2D eigenvalue weighted by Crippen LogP contribution is -2.00. The van der Waals surface area contributed by atoms with Gasteiger partial charge in [-0.15, -0.1) is 0 Å². The van der Waals surface area contributed by atoms with Gasteiger partial charge in [0.1, 0.15) is 0 Å². The Kier molecular flexibility index (Phi) is 3.55. The highest BCUT2D eigenvalue weighted by molar-refractivity contribution is 9.10. The van der Waals surface area contributed by atoms with E-state index in [9.17, 15) is 0 Å². The summed E-state index contributed by atoms with van der Waals surface area (Å²) in [5.41, 5.74) is 12.3. The highest BCUT2D eigenvalue weighted by atomic mass is 79.9. The molecule has 0 aliphatic heterocycles. The molecule has 3 N–H and O–H groups in total. The largest absolute Gasteiger partial charge is 0.396 e. The first-order chi connectivity index (χ1) is 10.1. The first kappa shape index (κ1) is 13.9. The lowest BCUT2D eigenvalue weighted by atomic mass is 10.1. The second kappa shape index (κ2) is 5.37. The average molecular weight is 342 g/mol. The van der Waals surface area contributed by atoms with Crippen molar-refractivity contribution in [3.05, 3.63) is 58.2 Å². The van der Waals surface area contributed by atoms with E-state index >= 15 is 0 Å². The van der Waals surface area contributed by atoms with Crippen molar-refractivity contribution >= 4 is 43.9 Å². The quantitative estimate of drug-likeness (QED) is 0.649. The fourth-order valence-corrected chi connectivity index (χ4v) is 3.21. The van der Waals surface area contributed by atoms with Gasteiger partial charge in [-0.25, -0.2) is 0 Å². The Balaban J connectivity index is 2.09. The van der Waals surface area contributed by atoms with E-state index in [1.165, 1.54) is 11.1 Å². The molecule has 0 amide bonds. The van der Waals surface area contributed by atoms with Crippen LogP contribution in [0.15, 0.2) is 47.1 Å². The maximum Gasteiger partial charge on any atom is 0.0724 e. The molecule has 0 radical (unpaired) electrons. The van der Waals surface area contributed by atoms with E-state index in [-0.39, 0.29) is 0 Å². The Morgan fingerprint density at radius 2 is 1.81 bits per heavy atom. The fraction of sp³-hybridized carbons (Fsp3) is 0.118. The van der Waals surface area contributed by atoms with Gasteiger partial charge in [0, 0.05) is 21.7 Å². The molecule has 0 fully saturated rings. The number of hydrogen-bond acceptors (Lipinski definition) is 3. The van der Waals surface area contributed by atoms with Gasteiger partial charge in [0.15, 0.2) is 0 Å². The SMILES string of the molecule is Cc1cc(Br)cc(C)c1Nc1ccc2ncccc2c1N. The maximum absolute atomic E-state index is 6.29. The summed E-state index contributed by atoms with van der Waals surface area (Å²) in [6.45, 7) is 4.16. The average Bonchev–Trinajstić information content (AvgIpc) is 2.45. The van der Waals surface area contributed by atoms with Crippen molar-refractivity contribution in [2.45, 2.75) is 13.8 Å². The van der Waals surface area contributed by atoms with Crippen molar-refractivity contribution in [3.63, 3.8) is 0 Å². The number of nitrogens with one attached hydrogen (secondary N) is 1. The van der Waals surface area contributed by atoms with Gasteiger partial charge in [-0.2, -0.15) is 0 Å². The minimum Gasteiger partial charge on any atom is -0.396 e. The summed E-state index contributed by atoms with van der Waals surface area (Å²) in [5, 5.41) is 4.42. The van der Waals surface area contributed by atoms with Gasteiger partial charge in [-0.1, -0.05) is 15.9 Å². The summed E-state index contributed by atoms with van der Waals surface area (Å²) in [5.74, 6) is 0. The molecule has 3 rings (SSSR count). The van der Waals surface area contributed by atoms with Gasteiger partial charge in [-0.3, -0.25) is 4.98 Å². The molecule has 0 aliphatic rings. The van der Waals surface area contributed by atoms with Crippen LogP contribution in [0.1, 0.15) is 11.1 Å². The molecule has 1 heterocycles. The van der Waals surface area contributed by atoms with Gasteiger partial charge < -0.3 is 11.1 Å². The Bertz CT molecular complexity index is 804. The van der Waals surface area contributed by atoms with E-state index < -0.39 is 0 Å². The van der Waals surface area contributed by atoms with Crippen LogP contribution in [0, 0.1) is 13.8 Å². The number of hydrogen-bond donors (Lipinski definition) is 2. The minimum absolute atomic E-state index is 0.724. The summed E-state index contributed by atoms with van der Waals surface area (Å²) < 4.78 is 1.08. The number of aryl methyl sites for hydroxylation is 2. The highest BCUT2D eigenvalue weighted by Crippen LogP contribution is 2.33. The van der Waals surface area contributed by atoms with Crippen molar-refractivity contribution in [1.29, 1.82) is 0 Å². The first-order valence-corrected chi connectivity index (χ1v) is 7.52. The lowest BCUT2D eigenvalue weighted by Gasteiger charge is -2.16. The van der Waals surface area contributed by atoms with E-state index in [0.717, 1.165) is 32.4 Å². The van der Waals surface area contributed by atoms with E-state index in [2.05, 4.69) is 52.2 Å². The molecular weight excluding hydrogens is 326 g/mol. The van der Waals surface area contributed by atoms with Crippen LogP contribution in [0.4, 0.5) is 17.1 Å². The van der Waals surface area contributed by atoms with Gasteiger partial charge in [0.2, 0.25) is 0 Å². The monoisotopic (exact) mass is 341 g/mol. The molecule has 1 aromatic heterocycles. The number of nitrogen functional groups attached to an aromatic ring is 1. The molecule has 0 saturated heterocycles. The van der Waals surface area contributed by atoms with Crippen molar-refractivity contribution < 1.29 is 0 Å². The number of nitrogens with two attached hydrogens (primary N) is 1. The highest BCUT2D eigenvalue weighted by Gasteiger charge is 2.09. The topological polar surface area (TPSA) is 50.9 Å². The van der Waals surface area contributed by atoms with E-state index in [0.29, 0.717) is 0 Å². The molecule has 0 spiro atoms. The lowest BCUT2D eigenvalue weighted by molar-refractivity contribution is 1.34. The van der Waals surface area contributed by atoms with E-state index in [1.54, 1.807) is 6.20 Å². The Morgan fingerprint density at radius 1 is 1.10 bits per heavy atom. The predicted octanol–water partition coefficient (Wildman–Crippen LogP) is 4.94. The first-order valence-electron chi connectivity index (χ1n) is 6.73. The molecule has 0 bridgehead atoms. The van der Waals surface area contributed by atoms with Crippen LogP contribution in [0.25, 0.3) is 10.9 Å². The van der Waals surface area contributed by atoms with Crippen LogP contribution in [0.5, 0.6) is 0 Å². The number of aromatic nitrogens is 1. The number of nitrogens with zero attached hydrogens (tertiary/aromatic N) is 1. The van der Waals surface area contributed by atoms with Gasteiger partial charge >= 0.3 is 0 Å². The van der Waals surface area contributed by atoms with Crippen molar-refractivity contribution in [3.8, 4) is 0 Å². The zero-order valence-corrected chi connectivity index (χ0v) is 13.5. The molecule has 0 atom stereocenters. The molecule has 3 nitrogen and oxygen atoms in total. The predicted molar refractivity (Wildman–Crippen MR) is 93.1 cm³/mol. The van der Waals surface area contributed by atoms with Crippen LogP contribution in [-0.4, -0.2) is 4.98 Å². The summed E-state index contributed by atoms with van der Waals surface area (Å²) in [7, 11) is 0. The van der Waals surface area contributed by atoms with Gasteiger partial charge in [-0.05, 0) is 61.4 Å². The van der Waals surface area contributed by atoms with E-state index in [1.807, 2.05) is 24.3 Å². The number of pyridine rings is 1. The zero-order valence-electron chi connectivity index (χ0n) is 11.9. The van der Waals surface area contributed by atoms with Crippen molar-refractivity contribution in [2.24, 2.45) is 0 Å². The second-order valence-corrected chi connectivity index (χ2v) is 6.05. The Hall–Kier alpha value is -2.07. The molecule has 0 aliphatic carbocycles. The number of benzene rings is 2. The summed E-state index contributed by atoms with van der Waals surface area (Å²) in [6.07, 6.45) is 1.78. The second-order valence-electron chi connectivity index (χ2n) is 5.14. The van der Waals surface area contributed by atoms with Crippen molar-refractivity contribution in [2.75, 3.05) is 11.1 Å². The van der Waals surface area contributed by atoms with Gasteiger partial charge in [0.25, 0.3) is 0 Å². The Morgan fingerprint density at radius 3 is 2.52 bits per heavy atom. The molecule has 4 heteroatoms. The molecule has 0 saturated carbocycles. The normalized spacial score (nSPS) is 10.8. The third-order valence-electron chi connectivity index (χ3n) is 3.58. The third-order valence-corrected chi connectivity index (χ3v) is 4.04. The molecule has 106 valence electrons. The molecule has 2 aromatic carbocycles. The van der Waals surface area contributed by atoms with Gasteiger partial charge in [0.05, 0.1) is 16.9 Å². The standard InChI is InChI=1S/C17H16BrN3/c1-10-8-12(18)9-11(2)17(10)21-15-6-5-14-13(16(15)19)4-3-7-20-14/h3-9,21H,19H2,1-2H3. The molecular formula is C17H16BrN3.